The number of ether oxygens (including phenoxy) is 1. The lowest BCUT2D eigenvalue weighted by Crippen LogP contribution is -2.09. The fourth-order valence-corrected chi connectivity index (χ4v) is 2.92. The van der Waals surface area contributed by atoms with Gasteiger partial charge >= 0.3 is 11.6 Å². The molecule has 6 nitrogen and oxygen atoms in total. The molecule has 0 amide bonds. The van der Waals surface area contributed by atoms with Gasteiger partial charge in [-0.3, -0.25) is 4.79 Å². The van der Waals surface area contributed by atoms with Crippen LogP contribution in [0.5, 0.6) is 5.75 Å². The third-order valence-electron chi connectivity index (χ3n) is 4.31. The maximum absolute atomic E-state index is 12.1. The van der Waals surface area contributed by atoms with Crippen LogP contribution in [-0.2, 0) is 11.2 Å². The van der Waals surface area contributed by atoms with Gasteiger partial charge in [0.1, 0.15) is 11.3 Å². The van der Waals surface area contributed by atoms with Gasteiger partial charge in [0.05, 0.1) is 12.6 Å². The Morgan fingerprint density at radius 3 is 2.71 bits per heavy atom. The smallest absolute Gasteiger partial charge is 0.336 e. The quantitative estimate of drug-likeness (QED) is 0.294. The zero-order chi connectivity index (χ0) is 19.5. The first-order valence-electron chi connectivity index (χ1n) is 8.84. The van der Waals surface area contributed by atoms with Crippen LogP contribution in [0.15, 0.2) is 74.4 Å². The molecular weight excluding hydrogens is 358 g/mol. The Bertz CT molecular complexity index is 1190. The highest BCUT2D eigenvalue weighted by Gasteiger charge is 2.12. The van der Waals surface area contributed by atoms with E-state index in [0.29, 0.717) is 29.4 Å². The van der Waals surface area contributed by atoms with Crippen molar-refractivity contribution in [3.63, 3.8) is 0 Å². The zero-order valence-corrected chi connectivity index (χ0v) is 15.2. The molecule has 0 spiro atoms. The van der Waals surface area contributed by atoms with E-state index in [-0.39, 0.29) is 6.42 Å². The van der Waals surface area contributed by atoms with E-state index in [4.69, 9.17) is 13.6 Å². The molecule has 6 heteroatoms. The van der Waals surface area contributed by atoms with Gasteiger partial charge in [-0.15, -0.1) is 0 Å². The fourth-order valence-electron chi connectivity index (χ4n) is 2.92. The van der Waals surface area contributed by atoms with Crippen molar-refractivity contribution in [1.82, 2.24) is 4.98 Å². The number of nitrogens with zero attached hydrogens (tertiary/aromatic N) is 1. The van der Waals surface area contributed by atoms with E-state index in [1.807, 2.05) is 37.3 Å². The minimum absolute atomic E-state index is 0.116. The highest BCUT2D eigenvalue weighted by Crippen LogP contribution is 2.23. The Kier molecular flexibility index (Phi) is 4.76. The Morgan fingerprint density at radius 1 is 1.07 bits per heavy atom. The van der Waals surface area contributed by atoms with Gasteiger partial charge < -0.3 is 13.6 Å². The number of oxazole rings is 1. The van der Waals surface area contributed by atoms with Crippen LogP contribution < -0.4 is 10.4 Å². The molecule has 2 aromatic heterocycles. The molecule has 0 saturated carbocycles. The molecule has 0 saturated heterocycles. The number of aromatic nitrogens is 1. The van der Waals surface area contributed by atoms with Gasteiger partial charge in [-0.25, -0.2) is 9.78 Å². The van der Waals surface area contributed by atoms with Gasteiger partial charge in [-0.05, 0) is 24.6 Å². The van der Waals surface area contributed by atoms with Crippen molar-refractivity contribution in [3.8, 4) is 17.1 Å². The van der Waals surface area contributed by atoms with Gasteiger partial charge in [0.2, 0.25) is 0 Å². The number of hydrogen-bond acceptors (Lipinski definition) is 6. The lowest BCUT2D eigenvalue weighted by atomic mass is 10.1. The summed E-state index contributed by atoms with van der Waals surface area (Å²) in [4.78, 5) is 27.9. The minimum Gasteiger partial charge on any atom is -0.441 e. The van der Waals surface area contributed by atoms with Gasteiger partial charge in [0.15, 0.2) is 11.7 Å². The maximum Gasteiger partial charge on any atom is 0.336 e. The number of benzene rings is 2. The summed E-state index contributed by atoms with van der Waals surface area (Å²) in [6.07, 6.45) is 2.08. The lowest BCUT2D eigenvalue weighted by Gasteiger charge is -2.05. The number of esters is 1. The molecule has 4 aromatic rings. The van der Waals surface area contributed by atoms with Crippen LogP contribution in [0.25, 0.3) is 22.3 Å². The summed E-state index contributed by atoms with van der Waals surface area (Å²) in [6.45, 7) is 1.82. The number of aryl methyl sites for hydroxylation is 2. The molecule has 4 rings (SSSR count). The summed E-state index contributed by atoms with van der Waals surface area (Å²) < 4.78 is 16.2. The molecule has 0 N–H and O–H groups in total. The molecular formula is C22H17NO5. The van der Waals surface area contributed by atoms with Gasteiger partial charge in [-0.1, -0.05) is 30.3 Å². The molecule has 2 heterocycles. The molecule has 0 fully saturated rings. The van der Waals surface area contributed by atoms with E-state index in [1.54, 1.807) is 24.4 Å². The van der Waals surface area contributed by atoms with Crippen molar-refractivity contribution in [2.45, 2.75) is 19.8 Å². The first-order valence-corrected chi connectivity index (χ1v) is 8.84. The van der Waals surface area contributed by atoms with Crippen LogP contribution in [0.3, 0.4) is 0 Å². The third-order valence-corrected chi connectivity index (χ3v) is 4.31. The summed E-state index contributed by atoms with van der Waals surface area (Å²) in [5.74, 6) is 1.03. The van der Waals surface area contributed by atoms with Crippen molar-refractivity contribution in [2.75, 3.05) is 0 Å². The first-order chi connectivity index (χ1) is 13.6. The SMILES string of the molecule is Cc1cc(=O)oc2cc(OC(=O)CCc3ncc(-c4ccccc4)o3)ccc12. The Hall–Kier alpha value is -3.67. The second kappa shape index (κ2) is 7.52. The highest BCUT2D eigenvalue weighted by atomic mass is 16.5. The summed E-state index contributed by atoms with van der Waals surface area (Å²) >= 11 is 0. The van der Waals surface area contributed by atoms with Crippen molar-refractivity contribution in [2.24, 2.45) is 0 Å². The Labute approximate surface area is 160 Å². The van der Waals surface area contributed by atoms with E-state index in [9.17, 15) is 9.59 Å². The maximum atomic E-state index is 12.1. The first kappa shape index (κ1) is 17.7. The summed E-state index contributed by atoms with van der Waals surface area (Å²) in [6, 6.07) is 16.0. The van der Waals surface area contributed by atoms with E-state index in [1.165, 1.54) is 6.07 Å². The summed E-state index contributed by atoms with van der Waals surface area (Å²) in [7, 11) is 0. The van der Waals surface area contributed by atoms with Gasteiger partial charge in [0.25, 0.3) is 0 Å². The second-order valence-corrected chi connectivity index (χ2v) is 6.36. The van der Waals surface area contributed by atoms with Crippen molar-refractivity contribution >= 4 is 16.9 Å². The van der Waals surface area contributed by atoms with Crippen LogP contribution in [0.4, 0.5) is 0 Å². The number of rotatable bonds is 5. The number of carbonyl (C=O) groups is 1. The average molecular weight is 375 g/mol. The molecule has 28 heavy (non-hydrogen) atoms. The van der Waals surface area contributed by atoms with Crippen LogP contribution in [0, 0.1) is 6.92 Å². The monoisotopic (exact) mass is 375 g/mol. The second-order valence-electron chi connectivity index (χ2n) is 6.36. The van der Waals surface area contributed by atoms with Crippen molar-refractivity contribution in [1.29, 1.82) is 0 Å². The topological polar surface area (TPSA) is 82.5 Å². The molecule has 0 aliphatic heterocycles. The molecule has 0 aliphatic carbocycles. The van der Waals surface area contributed by atoms with Crippen LogP contribution in [0.1, 0.15) is 17.9 Å². The lowest BCUT2D eigenvalue weighted by molar-refractivity contribution is -0.134. The number of fused-ring (bicyclic) bond motifs is 1. The minimum atomic E-state index is -0.438. The molecule has 0 bridgehead atoms. The Morgan fingerprint density at radius 2 is 1.89 bits per heavy atom. The van der Waals surface area contributed by atoms with Crippen LogP contribution >= 0.6 is 0 Å². The fraction of sp³-hybridized carbons (Fsp3) is 0.136. The summed E-state index contributed by atoms with van der Waals surface area (Å²) in [5, 5.41) is 0.799. The highest BCUT2D eigenvalue weighted by molar-refractivity contribution is 5.82. The van der Waals surface area contributed by atoms with Crippen LogP contribution in [-0.4, -0.2) is 11.0 Å². The average Bonchev–Trinajstić information content (AvgIpc) is 3.16. The molecule has 0 atom stereocenters. The van der Waals surface area contributed by atoms with Gasteiger partial charge in [-0.2, -0.15) is 0 Å². The molecule has 140 valence electrons. The number of carbonyl (C=O) groups excluding carboxylic acids is 1. The van der Waals surface area contributed by atoms with E-state index in [0.717, 1.165) is 16.5 Å². The molecule has 0 aliphatic rings. The van der Waals surface area contributed by atoms with Crippen molar-refractivity contribution in [3.05, 3.63) is 82.7 Å². The largest absolute Gasteiger partial charge is 0.441 e. The van der Waals surface area contributed by atoms with Crippen LogP contribution in [0.2, 0.25) is 0 Å². The predicted octanol–water partition coefficient (Wildman–Crippen LogP) is 4.29. The molecule has 2 aromatic carbocycles. The van der Waals surface area contributed by atoms with E-state index >= 15 is 0 Å². The predicted molar refractivity (Wildman–Crippen MR) is 103 cm³/mol. The van der Waals surface area contributed by atoms with Gasteiger partial charge in [0, 0.05) is 29.5 Å². The standard InChI is InChI=1S/C22H17NO5/c1-14-11-22(25)28-18-12-16(7-8-17(14)18)26-21(24)10-9-20-23-13-19(27-20)15-5-3-2-4-6-15/h2-8,11-13H,9-10H2,1H3. The zero-order valence-electron chi connectivity index (χ0n) is 15.2. The third kappa shape index (κ3) is 3.86. The number of hydrogen-bond donors (Lipinski definition) is 0. The van der Waals surface area contributed by atoms with E-state index < -0.39 is 11.6 Å². The molecule has 0 radical (unpaired) electrons. The van der Waals surface area contributed by atoms with E-state index in [2.05, 4.69) is 4.98 Å². The normalized spacial score (nSPS) is 10.9. The Balaban J connectivity index is 1.40. The molecule has 0 unspecified atom stereocenters. The van der Waals surface area contributed by atoms with Crippen molar-refractivity contribution < 1.29 is 18.4 Å². The summed E-state index contributed by atoms with van der Waals surface area (Å²) in [5.41, 5.74) is 1.68.